The maximum Gasteiger partial charge on any atom is 0.321 e. The molecule has 1 spiro atoms. The van der Waals surface area contributed by atoms with E-state index in [0.29, 0.717) is 18.1 Å². The van der Waals surface area contributed by atoms with Gasteiger partial charge in [-0.25, -0.2) is 9.79 Å². The van der Waals surface area contributed by atoms with Crippen LogP contribution in [-0.2, 0) is 0 Å². The molecule has 1 saturated heterocycles. The molecule has 7 heteroatoms. The molecule has 5 nitrogen and oxygen atoms in total. The lowest BCUT2D eigenvalue weighted by Crippen LogP contribution is -2.46. The van der Waals surface area contributed by atoms with Crippen molar-refractivity contribution in [3.8, 4) is 0 Å². The van der Waals surface area contributed by atoms with E-state index in [9.17, 15) is 4.79 Å². The molecule has 0 bridgehead atoms. The Kier molecular flexibility index (Phi) is 6.39. The number of carbonyl (C=O) groups excluding carboxylic acids is 1. The summed E-state index contributed by atoms with van der Waals surface area (Å²) in [5, 5.41) is 4.61. The molecule has 0 aliphatic carbocycles. The molecule has 4 rings (SSSR count). The highest BCUT2D eigenvalue weighted by Crippen LogP contribution is 2.36. The van der Waals surface area contributed by atoms with Crippen molar-refractivity contribution in [2.24, 2.45) is 9.98 Å². The summed E-state index contributed by atoms with van der Waals surface area (Å²) in [5.41, 5.74) is 4.94. The topological polar surface area (TPSA) is 57.1 Å². The maximum atomic E-state index is 12.7. The number of hydrogen-bond donors (Lipinski definition) is 1. The monoisotopic (exact) mass is 454 g/mol. The van der Waals surface area contributed by atoms with Crippen LogP contribution in [0.2, 0.25) is 5.02 Å². The summed E-state index contributed by atoms with van der Waals surface area (Å²) in [7, 11) is 0. The Morgan fingerprint density at radius 1 is 1.10 bits per heavy atom. The van der Waals surface area contributed by atoms with Crippen LogP contribution in [0.4, 0.5) is 10.5 Å². The quantitative estimate of drug-likeness (QED) is 0.624. The normalized spacial score (nSPS) is 17.5. The van der Waals surface area contributed by atoms with Crippen LogP contribution >= 0.6 is 23.4 Å². The zero-order valence-corrected chi connectivity index (χ0v) is 19.7. The van der Waals surface area contributed by atoms with E-state index in [4.69, 9.17) is 21.6 Å². The number of hydrogen-bond acceptors (Lipinski definition) is 4. The van der Waals surface area contributed by atoms with E-state index in [1.165, 1.54) is 11.1 Å². The summed E-state index contributed by atoms with van der Waals surface area (Å²) < 4.78 is 0. The number of thioether (sulfide) groups is 1. The molecular weight excluding hydrogens is 428 g/mol. The summed E-state index contributed by atoms with van der Waals surface area (Å²) in [6.45, 7) is 7.64. The van der Waals surface area contributed by atoms with Gasteiger partial charge in [0.05, 0.1) is 5.71 Å². The average molecular weight is 455 g/mol. The third-order valence-corrected chi connectivity index (χ3v) is 6.94. The molecule has 2 amide bonds. The second kappa shape index (κ2) is 9.05. The van der Waals surface area contributed by atoms with Gasteiger partial charge in [0.2, 0.25) is 0 Å². The number of piperidine rings is 1. The molecule has 0 radical (unpaired) electrons. The van der Waals surface area contributed by atoms with Crippen molar-refractivity contribution in [1.29, 1.82) is 0 Å². The molecule has 0 unspecified atom stereocenters. The number of likely N-dealkylation sites (tertiary alicyclic amines) is 1. The predicted molar refractivity (Wildman–Crippen MR) is 132 cm³/mol. The number of rotatable bonds is 3. The Morgan fingerprint density at radius 2 is 1.81 bits per heavy atom. The molecule has 0 atom stereocenters. The van der Waals surface area contributed by atoms with Gasteiger partial charge in [-0.1, -0.05) is 30.7 Å². The highest BCUT2D eigenvalue weighted by atomic mass is 35.5. The Labute approximate surface area is 193 Å². The number of halogens is 1. The average Bonchev–Trinajstić information content (AvgIpc) is 3.10. The van der Waals surface area contributed by atoms with Gasteiger partial charge in [0.15, 0.2) is 5.66 Å². The second-order valence-electron chi connectivity index (χ2n) is 8.02. The SMILES string of the molecule is CCSC1=NC2(CCN(C(=O)Nc3ccc(Cl)cc3)CC2)N=C1c1ccc(C)c(C)c1. The fourth-order valence-electron chi connectivity index (χ4n) is 3.86. The summed E-state index contributed by atoms with van der Waals surface area (Å²) in [6, 6.07) is 13.5. The summed E-state index contributed by atoms with van der Waals surface area (Å²) in [5.74, 6) is 0.953. The number of urea groups is 1. The van der Waals surface area contributed by atoms with Gasteiger partial charge < -0.3 is 10.2 Å². The van der Waals surface area contributed by atoms with E-state index >= 15 is 0 Å². The fraction of sp³-hybridized carbons (Fsp3) is 0.375. The molecule has 2 aromatic carbocycles. The first kappa shape index (κ1) is 21.9. The van der Waals surface area contributed by atoms with Gasteiger partial charge in [-0.15, -0.1) is 11.8 Å². The number of aliphatic imine (C=N–C) groups is 2. The van der Waals surface area contributed by atoms with Crippen LogP contribution in [0, 0.1) is 13.8 Å². The lowest BCUT2D eigenvalue weighted by Gasteiger charge is -2.35. The number of anilines is 1. The van der Waals surface area contributed by atoms with Gasteiger partial charge in [-0.3, -0.25) is 4.99 Å². The second-order valence-corrected chi connectivity index (χ2v) is 9.71. The molecule has 0 aromatic heterocycles. The number of nitrogens with one attached hydrogen (secondary N) is 1. The van der Waals surface area contributed by atoms with E-state index in [0.717, 1.165) is 40.6 Å². The number of amides is 2. The smallest absolute Gasteiger partial charge is 0.321 e. The van der Waals surface area contributed by atoms with Crippen LogP contribution in [0.15, 0.2) is 52.4 Å². The molecule has 1 N–H and O–H groups in total. The van der Waals surface area contributed by atoms with Crippen molar-refractivity contribution in [2.75, 3.05) is 24.2 Å². The van der Waals surface area contributed by atoms with Crippen molar-refractivity contribution >= 4 is 45.8 Å². The van der Waals surface area contributed by atoms with E-state index < -0.39 is 5.66 Å². The van der Waals surface area contributed by atoms with Gasteiger partial charge in [0, 0.05) is 42.2 Å². The number of aryl methyl sites for hydroxylation is 2. The first-order valence-corrected chi connectivity index (χ1v) is 12.0. The lowest BCUT2D eigenvalue weighted by molar-refractivity contribution is 0.175. The minimum absolute atomic E-state index is 0.0966. The van der Waals surface area contributed by atoms with Crippen LogP contribution in [0.25, 0.3) is 0 Å². The standard InChI is InChI=1S/C24H27ClN4OS/c1-4-31-22-21(18-6-5-16(2)17(3)15-18)27-24(28-22)11-13-29(14-12-24)23(30)26-20-9-7-19(25)8-10-20/h5-10,15H,4,11-14H2,1-3H3,(H,26,30). The van der Waals surface area contributed by atoms with Crippen LogP contribution in [0.5, 0.6) is 0 Å². The largest absolute Gasteiger partial charge is 0.324 e. The zero-order chi connectivity index (χ0) is 22.0. The molecule has 2 aliphatic rings. The Morgan fingerprint density at radius 3 is 2.45 bits per heavy atom. The predicted octanol–water partition coefficient (Wildman–Crippen LogP) is 5.94. The van der Waals surface area contributed by atoms with Gasteiger partial charge in [0.1, 0.15) is 5.04 Å². The molecule has 31 heavy (non-hydrogen) atoms. The summed E-state index contributed by atoms with van der Waals surface area (Å²) >= 11 is 7.67. The molecular formula is C24H27ClN4OS. The van der Waals surface area contributed by atoms with Crippen LogP contribution in [-0.4, -0.2) is 46.2 Å². The highest BCUT2D eigenvalue weighted by Gasteiger charge is 2.40. The molecule has 2 heterocycles. The molecule has 2 aromatic rings. The van der Waals surface area contributed by atoms with E-state index in [2.05, 4.69) is 44.3 Å². The van der Waals surface area contributed by atoms with E-state index in [1.54, 1.807) is 36.0 Å². The lowest BCUT2D eigenvalue weighted by atomic mass is 9.98. The molecule has 2 aliphatic heterocycles. The Hall–Kier alpha value is -2.31. The Balaban J connectivity index is 1.48. The number of carbonyl (C=O) groups is 1. The van der Waals surface area contributed by atoms with Crippen molar-refractivity contribution in [3.05, 3.63) is 64.2 Å². The molecule has 162 valence electrons. The van der Waals surface area contributed by atoms with E-state index in [-0.39, 0.29) is 6.03 Å². The third-order valence-electron chi connectivity index (χ3n) is 5.84. The highest BCUT2D eigenvalue weighted by molar-refractivity contribution is 8.15. The third kappa shape index (κ3) is 4.80. The van der Waals surface area contributed by atoms with Gasteiger partial charge in [0.25, 0.3) is 0 Å². The molecule has 0 saturated carbocycles. The number of benzene rings is 2. The summed E-state index contributed by atoms with van der Waals surface area (Å²) in [6.07, 6.45) is 1.45. The van der Waals surface area contributed by atoms with Crippen molar-refractivity contribution in [3.63, 3.8) is 0 Å². The van der Waals surface area contributed by atoms with Crippen molar-refractivity contribution < 1.29 is 4.79 Å². The van der Waals surface area contributed by atoms with Crippen LogP contribution in [0.3, 0.4) is 0 Å². The van der Waals surface area contributed by atoms with Crippen LogP contribution < -0.4 is 5.32 Å². The van der Waals surface area contributed by atoms with Crippen LogP contribution in [0.1, 0.15) is 36.5 Å². The van der Waals surface area contributed by atoms with Crippen molar-refractivity contribution in [2.45, 2.75) is 39.3 Å². The fourth-order valence-corrected chi connectivity index (χ4v) is 4.80. The Bertz CT molecular complexity index is 1040. The first-order chi connectivity index (χ1) is 14.9. The van der Waals surface area contributed by atoms with Gasteiger partial charge in [-0.05, 0) is 61.1 Å². The summed E-state index contributed by atoms with van der Waals surface area (Å²) in [4.78, 5) is 24.7. The maximum absolute atomic E-state index is 12.7. The van der Waals surface area contributed by atoms with E-state index in [1.807, 2.05) is 4.90 Å². The molecule has 1 fully saturated rings. The number of nitrogens with zero attached hydrogens (tertiary/aromatic N) is 3. The first-order valence-electron chi connectivity index (χ1n) is 10.6. The van der Waals surface area contributed by atoms with Gasteiger partial charge >= 0.3 is 6.03 Å². The zero-order valence-electron chi connectivity index (χ0n) is 18.1. The van der Waals surface area contributed by atoms with Crippen molar-refractivity contribution in [1.82, 2.24) is 4.90 Å². The van der Waals surface area contributed by atoms with Gasteiger partial charge in [-0.2, -0.15) is 0 Å². The minimum atomic E-state index is -0.456. The minimum Gasteiger partial charge on any atom is -0.324 e.